The van der Waals surface area contributed by atoms with Crippen LogP contribution in [0, 0.1) is 0 Å². The summed E-state index contributed by atoms with van der Waals surface area (Å²) in [4.78, 5) is 7.48. The Kier molecular flexibility index (Phi) is 5.99. The number of aromatic amines is 1. The van der Waals surface area contributed by atoms with E-state index in [1.807, 2.05) is 6.20 Å². The van der Waals surface area contributed by atoms with Crippen LogP contribution in [-0.4, -0.2) is 43.9 Å². The number of imidazole rings is 1. The van der Waals surface area contributed by atoms with Crippen LogP contribution in [0.25, 0.3) is 0 Å². The summed E-state index contributed by atoms with van der Waals surface area (Å²) >= 11 is 0. The molecule has 0 aliphatic carbocycles. The lowest BCUT2D eigenvalue weighted by molar-refractivity contribution is 0.199. The van der Waals surface area contributed by atoms with Crippen LogP contribution in [0.2, 0.25) is 0 Å². The predicted molar refractivity (Wildman–Crippen MR) is 57.8 cm³/mol. The Morgan fingerprint density at radius 2 is 2.13 bits per heavy atom. The van der Waals surface area contributed by atoms with Crippen LogP contribution in [0.1, 0.15) is 11.5 Å². The molecule has 0 radical (unpaired) electrons. The molecular weight excluding hydrogens is 194 g/mol. The van der Waals surface area contributed by atoms with E-state index in [9.17, 15) is 0 Å². The van der Waals surface area contributed by atoms with Gasteiger partial charge in [0, 0.05) is 45.6 Å². The fourth-order valence-electron chi connectivity index (χ4n) is 1.22. The third-order valence-electron chi connectivity index (χ3n) is 2.02. The Hall–Kier alpha value is -0.910. The normalized spacial score (nSPS) is 10.8. The van der Waals surface area contributed by atoms with Gasteiger partial charge >= 0.3 is 0 Å². The Bertz CT molecular complexity index is 263. The van der Waals surface area contributed by atoms with Gasteiger partial charge in [0.2, 0.25) is 0 Å². The molecular formula is C10H19N3O2. The smallest absolute Gasteiger partial charge is 0.108 e. The van der Waals surface area contributed by atoms with Gasteiger partial charge in [-0.05, 0) is 0 Å². The molecule has 15 heavy (non-hydrogen) atoms. The van der Waals surface area contributed by atoms with Crippen molar-refractivity contribution in [1.29, 1.82) is 0 Å². The maximum Gasteiger partial charge on any atom is 0.108 e. The molecule has 0 aromatic carbocycles. The van der Waals surface area contributed by atoms with Crippen molar-refractivity contribution in [3.63, 3.8) is 0 Å². The molecule has 0 aliphatic rings. The van der Waals surface area contributed by atoms with Gasteiger partial charge in [-0.2, -0.15) is 0 Å². The molecule has 86 valence electrons. The number of nitrogens with one attached hydrogen (secondary N) is 2. The monoisotopic (exact) mass is 213 g/mol. The minimum Gasteiger partial charge on any atom is -0.384 e. The Morgan fingerprint density at radius 3 is 2.87 bits per heavy atom. The van der Waals surface area contributed by atoms with Crippen LogP contribution >= 0.6 is 0 Å². The largest absolute Gasteiger partial charge is 0.384 e. The predicted octanol–water partition coefficient (Wildman–Crippen LogP) is 0.335. The SMILES string of the molecule is COCCNCc1cnc(CCOC)[nH]1. The van der Waals surface area contributed by atoms with Crippen LogP contribution < -0.4 is 5.32 Å². The summed E-state index contributed by atoms with van der Waals surface area (Å²) in [6.07, 6.45) is 2.68. The number of ether oxygens (including phenoxy) is 2. The number of hydrogen-bond donors (Lipinski definition) is 2. The molecule has 0 atom stereocenters. The summed E-state index contributed by atoms with van der Waals surface area (Å²) in [7, 11) is 3.39. The van der Waals surface area contributed by atoms with Gasteiger partial charge in [0.05, 0.1) is 13.2 Å². The zero-order valence-corrected chi connectivity index (χ0v) is 9.38. The molecule has 0 saturated heterocycles. The van der Waals surface area contributed by atoms with E-state index >= 15 is 0 Å². The van der Waals surface area contributed by atoms with Crippen LogP contribution in [0.4, 0.5) is 0 Å². The number of H-pyrrole nitrogens is 1. The second-order valence-electron chi connectivity index (χ2n) is 3.27. The number of methoxy groups -OCH3 is 2. The average molecular weight is 213 g/mol. The van der Waals surface area contributed by atoms with Crippen molar-refractivity contribution in [2.75, 3.05) is 34.0 Å². The molecule has 1 heterocycles. The van der Waals surface area contributed by atoms with Crippen molar-refractivity contribution < 1.29 is 9.47 Å². The molecule has 1 aromatic rings. The summed E-state index contributed by atoms with van der Waals surface area (Å²) < 4.78 is 9.91. The number of hydrogen-bond acceptors (Lipinski definition) is 4. The fraction of sp³-hybridized carbons (Fsp3) is 0.700. The number of rotatable bonds is 8. The van der Waals surface area contributed by atoms with Crippen molar-refractivity contribution in [2.24, 2.45) is 0 Å². The molecule has 0 bridgehead atoms. The van der Waals surface area contributed by atoms with Gasteiger partial charge in [-0.1, -0.05) is 0 Å². The number of aromatic nitrogens is 2. The van der Waals surface area contributed by atoms with Gasteiger partial charge < -0.3 is 19.8 Å². The molecule has 5 nitrogen and oxygen atoms in total. The van der Waals surface area contributed by atoms with Crippen molar-refractivity contribution >= 4 is 0 Å². The maximum atomic E-state index is 4.98. The van der Waals surface area contributed by atoms with Gasteiger partial charge in [-0.25, -0.2) is 4.98 Å². The summed E-state index contributed by atoms with van der Waals surface area (Å²) in [5, 5.41) is 3.24. The molecule has 0 saturated carbocycles. The summed E-state index contributed by atoms with van der Waals surface area (Å²) in [6.45, 7) is 3.07. The summed E-state index contributed by atoms with van der Waals surface area (Å²) in [5.74, 6) is 0.973. The quantitative estimate of drug-likeness (QED) is 0.611. The van der Waals surface area contributed by atoms with E-state index in [1.165, 1.54) is 0 Å². The van der Waals surface area contributed by atoms with Crippen LogP contribution in [-0.2, 0) is 22.4 Å². The second kappa shape index (κ2) is 7.39. The third kappa shape index (κ3) is 4.92. The van der Waals surface area contributed by atoms with Crippen LogP contribution in [0.5, 0.6) is 0 Å². The van der Waals surface area contributed by atoms with E-state index in [1.54, 1.807) is 14.2 Å². The molecule has 0 aliphatic heterocycles. The van der Waals surface area contributed by atoms with Gasteiger partial charge in [0.25, 0.3) is 0 Å². The minimum absolute atomic E-state index is 0.698. The topological polar surface area (TPSA) is 59.2 Å². The highest BCUT2D eigenvalue weighted by Crippen LogP contribution is 1.97. The zero-order valence-electron chi connectivity index (χ0n) is 9.38. The van der Waals surface area contributed by atoms with Crippen LogP contribution in [0.3, 0.4) is 0 Å². The maximum absolute atomic E-state index is 4.98. The molecule has 5 heteroatoms. The third-order valence-corrected chi connectivity index (χ3v) is 2.02. The van der Waals surface area contributed by atoms with E-state index in [0.29, 0.717) is 6.61 Å². The highest BCUT2D eigenvalue weighted by atomic mass is 16.5. The molecule has 2 N–H and O–H groups in total. The Labute approximate surface area is 90.2 Å². The van der Waals surface area contributed by atoms with Crippen LogP contribution in [0.15, 0.2) is 6.20 Å². The lowest BCUT2D eigenvalue weighted by Crippen LogP contribution is -2.18. The molecule has 0 amide bonds. The van der Waals surface area contributed by atoms with E-state index in [2.05, 4.69) is 15.3 Å². The molecule has 1 aromatic heterocycles. The van der Waals surface area contributed by atoms with Crippen molar-refractivity contribution in [1.82, 2.24) is 15.3 Å². The van der Waals surface area contributed by atoms with Gasteiger partial charge in [-0.15, -0.1) is 0 Å². The first-order valence-electron chi connectivity index (χ1n) is 5.08. The van der Waals surface area contributed by atoms with Gasteiger partial charge in [-0.3, -0.25) is 0 Å². The van der Waals surface area contributed by atoms with Gasteiger partial charge in [0.15, 0.2) is 0 Å². The van der Waals surface area contributed by atoms with Crippen molar-refractivity contribution in [3.05, 3.63) is 17.7 Å². The fourth-order valence-corrected chi connectivity index (χ4v) is 1.22. The van der Waals surface area contributed by atoms with Crippen molar-refractivity contribution in [3.8, 4) is 0 Å². The van der Waals surface area contributed by atoms with E-state index in [4.69, 9.17) is 9.47 Å². The summed E-state index contributed by atoms with van der Waals surface area (Å²) in [5.41, 5.74) is 1.09. The second-order valence-corrected chi connectivity index (χ2v) is 3.27. The first kappa shape index (κ1) is 12.2. The molecule has 0 unspecified atom stereocenters. The highest BCUT2D eigenvalue weighted by molar-refractivity contribution is 5.01. The number of nitrogens with zero attached hydrogens (tertiary/aromatic N) is 1. The Morgan fingerprint density at radius 1 is 1.33 bits per heavy atom. The summed E-state index contributed by atoms with van der Waals surface area (Å²) in [6, 6.07) is 0. The van der Waals surface area contributed by atoms with E-state index < -0.39 is 0 Å². The van der Waals surface area contributed by atoms with Gasteiger partial charge in [0.1, 0.15) is 5.82 Å². The first-order valence-corrected chi connectivity index (χ1v) is 5.08. The van der Waals surface area contributed by atoms with Crippen molar-refractivity contribution in [2.45, 2.75) is 13.0 Å². The lowest BCUT2D eigenvalue weighted by Gasteiger charge is -2.01. The molecule has 0 spiro atoms. The zero-order chi connectivity index (χ0) is 10.9. The Balaban J connectivity index is 2.20. The highest BCUT2D eigenvalue weighted by Gasteiger charge is 1.99. The molecule has 1 rings (SSSR count). The average Bonchev–Trinajstić information content (AvgIpc) is 2.69. The standard InChI is InChI=1S/C10H19N3O2/c1-14-5-3-10-12-8-9(13-10)7-11-4-6-15-2/h8,11H,3-7H2,1-2H3,(H,12,13). The minimum atomic E-state index is 0.698. The van der Waals surface area contributed by atoms with E-state index in [-0.39, 0.29) is 0 Å². The first-order chi connectivity index (χ1) is 7.36. The molecule has 0 fully saturated rings. The van der Waals surface area contributed by atoms with E-state index in [0.717, 1.165) is 37.6 Å². The lowest BCUT2D eigenvalue weighted by atomic mass is 10.4.